The minimum absolute atomic E-state index is 1.04. The van der Waals surface area contributed by atoms with Gasteiger partial charge in [0.05, 0.1) is 0 Å². The van der Waals surface area contributed by atoms with Crippen molar-refractivity contribution in [2.45, 2.75) is 6.92 Å². The van der Waals surface area contributed by atoms with Gasteiger partial charge >= 0.3 is 175 Å². The average molecular weight is 415 g/mol. The number of hydrogen-bond donors (Lipinski definition) is 0. The first-order valence-corrected chi connectivity index (χ1v) is 13.3. The van der Waals surface area contributed by atoms with Crippen molar-refractivity contribution in [3.8, 4) is 0 Å². The summed E-state index contributed by atoms with van der Waals surface area (Å²) in [7, 11) is 0. The second-order valence-corrected chi connectivity index (χ2v) is 13.7. The summed E-state index contributed by atoms with van der Waals surface area (Å²) in [5.41, 5.74) is 1.34. The van der Waals surface area contributed by atoms with Gasteiger partial charge in [0.1, 0.15) is 0 Å². The van der Waals surface area contributed by atoms with Crippen LogP contribution in [0.2, 0.25) is 0 Å². The Morgan fingerprint density at radius 1 is 0.724 bits per heavy atom. The molecule has 2 nitrogen and oxygen atoms in total. The summed E-state index contributed by atoms with van der Waals surface area (Å²) in [6.07, 6.45) is 1.99. The summed E-state index contributed by atoms with van der Waals surface area (Å²) in [6, 6.07) is 33.1. The number of rotatable bonds is 4. The third kappa shape index (κ3) is 2.41. The number of aromatic nitrogens is 2. The average Bonchev–Trinajstić information content (AvgIpc) is 3.39. The summed E-state index contributed by atoms with van der Waals surface area (Å²) >= 11 is 1.78. The van der Waals surface area contributed by atoms with Crippen LogP contribution in [0.25, 0.3) is 4.83 Å². The fourth-order valence-corrected chi connectivity index (χ4v) is 11.8. The molecule has 0 unspecified atom stereocenters. The predicted molar refractivity (Wildman–Crippen MR) is 129 cm³/mol. The third-order valence-corrected chi connectivity index (χ3v) is 13.5. The Balaban J connectivity index is 2.06. The summed E-state index contributed by atoms with van der Waals surface area (Å²) < 4.78 is 2.37. The van der Waals surface area contributed by atoms with Gasteiger partial charge < -0.3 is 0 Å². The van der Waals surface area contributed by atoms with E-state index in [1.807, 2.05) is 6.20 Å². The standard InChI is InChI=1S/C25H23N2PS/c1-20-26-18-25-27(20)24(19-29-25)28(2,21-12-6-3-7-13-21,22-14-8-4-9-15-22)23-16-10-5-11-17-23/h3-19H,1-2H3. The van der Waals surface area contributed by atoms with Gasteiger partial charge in [-0.25, -0.2) is 0 Å². The molecular formula is C25H23N2PS. The zero-order chi connectivity index (χ0) is 19.9. The van der Waals surface area contributed by atoms with Gasteiger partial charge in [-0.3, -0.25) is 0 Å². The molecule has 0 aliphatic rings. The van der Waals surface area contributed by atoms with Crippen molar-refractivity contribution in [1.29, 1.82) is 0 Å². The maximum atomic E-state index is 4.64. The molecule has 3 aromatic carbocycles. The molecule has 0 N–H and O–H groups in total. The van der Waals surface area contributed by atoms with E-state index in [9.17, 15) is 0 Å². The molecule has 0 aliphatic carbocycles. The van der Waals surface area contributed by atoms with Crippen molar-refractivity contribution < 1.29 is 0 Å². The first-order valence-electron chi connectivity index (χ1n) is 9.74. The van der Waals surface area contributed by atoms with Gasteiger partial charge in [-0.1, -0.05) is 0 Å². The van der Waals surface area contributed by atoms with Crippen LogP contribution < -0.4 is 21.3 Å². The van der Waals surface area contributed by atoms with E-state index in [0.717, 1.165) is 5.82 Å². The molecule has 0 saturated heterocycles. The zero-order valence-corrected chi connectivity index (χ0v) is 18.3. The number of hydrogen-bond acceptors (Lipinski definition) is 2. The first-order chi connectivity index (χ1) is 14.1. The number of thiazole rings is 1. The van der Waals surface area contributed by atoms with Crippen LogP contribution in [-0.4, -0.2) is 16.0 Å². The van der Waals surface area contributed by atoms with Gasteiger partial charge in [0.25, 0.3) is 0 Å². The Kier molecular flexibility index (Phi) is 4.20. The molecule has 29 heavy (non-hydrogen) atoms. The van der Waals surface area contributed by atoms with Gasteiger partial charge in [0.2, 0.25) is 0 Å². The SMILES string of the molecule is Cc1ncc2scc(P(C)(c3ccccc3)(c3ccccc3)c3ccccc3)n12. The Labute approximate surface area is 175 Å². The molecule has 2 heterocycles. The molecule has 5 aromatic rings. The van der Waals surface area contributed by atoms with E-state index in [2.05, 4.69) is 119 Å². The number of benzene rings is 3. The molecule has 0 amide bonds. The third-order valence-electron chi connectivity index (χ3n) is 6.20. The zero-order valence-electron chi connectivity index (χ0n) is 16.6. The van der Waals surface area contributed by atoms with Crippen LogP contribution in [0, 0.1) is 6.92 Å². The summed E-state index contributed by atoms with van der Waals surface area (Å²) in [6.45, 7) is 1.60. The van der Waals surface area contributed by atoms with Crippen molar-refractivity contribution in [3.05, 3.63) is 108 Å². The van der Waals surface area contributed by atoms with Gasteiger partial charge in [-0.15, -0.1) is 0 Å². The molecule has 0 aliphatic heterocycles. The van der Waals surface area contributed by atoms with Crippen LogP contribution in [0.5, 0.6) is 0 Å². The second-order valence-electron chi connectivity index (χ2n) is 7.64. The van der Waals surface area contributed by atoms with Crippen LogP contribution in [0.1, 0.15) is 5.82 Å². The molecule has 0 fully saturated rings. The number of nitrogens with zero attached hydrogens (tertiary/aromatic N) is 2. The number of fused-ring (bicyclic) bond motifs is 1. The summed E-state index contributed by atoms with van der Waals surface area (Å²) in [5, 5.41) is 6.45. The van der Waals surface area contributed by atoms with Crippen molar-refractivity contribution >= 4 is 44.1 Å². The monoisotopic (exact) mass is 414 g/mol. The Morgan fingerprint density at radius 3 is 1.62 bits per heavy atom. The molecule has 4 heteroatoms. The molecule has 0 spiro atoms. The molecule has 0 atom stereocenters. The van der Waals surface area contributed by atoms with Crippen LogP contribution in [0.3, 0.4) is 0 Å². The van der Waals surface area contributed by atoms with Crippen LogP contribution in [0.15, 0.2) is 103 Å². The van der Waals surface area contributed by atoms with E-state index in [-0.39, 0.29) is 0 Å². The molecular weight excluding hydrogens is 391 g/mol. The van der Waals surface area contributed by atoms with E-state index in [1.165, 1.54) is 26.2 Å². The summed E-state index contributed by atoms with van der Waals surface area (Å²) in [5.74, 6) is 1.04. The number of imidazole rings is 1. The van der Waals surface area contributed by atoms with E-state index >= 15 is 0 Å². The Hall–Kier alpha value is -2.74. The van der Waals surface area contributed by atoms with Crippen LogP contribution >= 0.6 is 17.9 Å². The Bertz CT molecular complexity index is 1170. The fraction of sp³-hybridized carbons (Fsp3) is 0.0800. The number of aryl methyl sites for hydroxylation is 1. The van der Waals surface area contributed by atoms with Crippen LogP contribution in [0.4, 0.5) is 0 Å². The van der Waals surface area contributed by atoms with E-state index < -0.39 is 6.60 Å². The van der Waals surface area contributed by atoms with Gasteiger partial charge in [0, 0.05) is 0 Å². The van der Waals surface area contributed by atoms with Gasteiger partial charge in [0.15, 0.2) is 0 Å². The Morgan fingerprint density at radius 2 is 1.17 bits per heavy atom. The van der Waals surface area contributed by atoms with E-state index in [4.69, 9.17) is 0 Å². The maximum absolute atomic E-state index is 4.64. The predicted octanol–water partition coefficient (Wildman–Crippen LogP) is 4.49. The molecule has 0 bridgehead atoms. The molecule has 0 saturated carbocycles. The van der Waals surface area contributed by atoms with Gasteiger partial charge in [-0.2, -0.15) is 0 Å². The minimum atomic E-state index is -3.00. The van der Waals surface area contributed by atoms with Crippen LogP contribution in [-0.2, 0) is 0 Å². The molecule has 2 aromatic heterocycles. The molecule has 5 rings (SSSR count). The van der Waals surface area contributed by atoms with E-state index in [1.54, 1.807) is 11.3 Å². The van der Waals surface area contributed by atoms with Crippen molar-refractivity contribution in [1.82, 2.24) is 9.38 Å². The fourth-order valence-electron chi connectivity index (χ4n) is 4.58. The van der Waals surface area contributed by atoms with Crippen molar-refractivity contribution in [2.24, 2.45) is 0 Å². The first kappa shape index (κ1) is 18.3. The van der Waals surface area contributed by atoms with Gasteiger partial charge in [-0.05, 0) is 0 Å². The van der Waals surface area contributed by atoms with E-state index in [0.29, 0.717) is 0 Å². The normalized spacial score (nSPS) is 13.2. The molecule has 144 valence electrons. The molecule has 0 radical (unpaired) electrons. The van der Waals surface area contributed by atoms with Crippen molar-refractivity contribution in [3.63, 3.8) is 0 Å². The second kappa shape index (κ2) is 6.66. The topological polar surface area (TPSA) is 17.3 Å². The quantitative estimate of drug-likeness (QED) is 0.396. The summed E-state index contributed by atoms with van der Waals surface area (Å²) in [4.78, 5) is 5.83. The van der Waals surface area contributed by atoms with Crippen molar-refractivity contribution in [2.75, 3.05) is 6.66 Å².